The fourth-order valence-corrected chi connectivity index (χ4v) is 1.86. The molecule has 21 heavy (non-hydrogen) atoms. The minimum Gasteiger partial charge on any atom is -0.477 e. The molecule has 116 valence electrons. The van der Waals surface area contributed by atoms with Gasteiger partial charge in [-0.1, -0.05) is 20.3 Å². The number of aliphatic hydroxyl groups is 1. The molecule has 1 aromatic rings. The third-order valence-electron chi connectivity index (χ3n) is 3.93. The first kappa shape index (κ1) is 15.8. The lowest BCUT2D eigenvalue weighted by Crippen LogP contribution is -2.35. The number of carbonyl (C=O) groups excluding carboxylic acids is 1. The normalized spacial score (nSPS) is 17.1. The zero-order valence-electron chi connectivity index (χ0n) is 12.7. The lowest BCUT2D eigenvalue weighted by molar-refractivity contribution is 0.0850. The van der Waals surface area contributed by atoms with Gasteiger partial charge in [0.05, 0.1) is 18.3 Å². The Bertz CT molecular complexity index is 457. The van der Waals surface area contributed by atoms with Crippen LogP contribution in [0.25, 0.3) is 0 Å². The quantitative estimate of drug-likeness (QED) is 0.769. The van der Waals surface area contributed by atoms with E-state index in [1.807, 2.05) is 13.8 Å². The van der Waals surface area contributed by atoms with E-state index >= 15 is 0 Å². The highest BCUT2D eigenvalue weighted by atomic mass is 16.5. The molecule has 5 nitrogen and oxygen atoms in total. The molecule has 0 aromatic carbocycles. The molecule has 2 rings (SSSR count). The van der Waals surface area contributed by atoms with Gasteiger partial charge in [0, 0.05) is 18.8 Å². The van der Waals surface area contributed by atoms with Crippen LogP contribution in [0.2, 0.25) is 0 Å². The number of aliphatic hydroxyl groups excluding tert-OH is 1. The van der Waals surface area contributed by atoms with E-state index in [9.17, 15) is 9.90 Å². The van der Waals surface area contributed by atoms with Crippen LogP contribution in [0.4, 0.5) is 0 Å². The van der Waals surface area contributed by atoms with Gasteiger partial charge < -0.3 is 15.2 Å². The van der Waals surface area contributed by atoms with Gasteiger partial charge in [-0.05, 0) is 30.7 Å². The van der Waals surface area contributed by atoms with E-state index in [4.69, 9.17) is 4.74 Å². The number of aromatic nitrogens is 1. The molecule has 1 amide bonds. The van der Waals surface area contributed by atoms with E-state index in [2.05, 4.69) is 10.3 Å². The fraction of sp³-hybridized carbons (Fsp3) is 0.625. The molecular formula is C16H24N2O3. The Balaban J connectivity index is 1.78. The first-order chi connectivity index (χ1) is 10.1. The Kier molecular flexibility index (Phi) is 5.56. The maximum absolute atomic E-state index is 11.9. The van der Waals surface area contributed by atoms with Crippen molar-refractivity contribution in [1.29, 1.82) is 0 Å². The van der Waals surface area contributed by atoms with Gasteiger partial charge in [0.25, 0.3) is 5.91 Å². The van der Waals surface area contributed by atoms with Crippen molar-refractivity contribution in [2.45, 2.75) is 39.2 Å². The van der Waals surface area contributed by atoms with E-state index in [1.54, 1.807) is 12.1 Å². The van der Waals surface area contributed by atoms with Crippen LogP contribution in [-0.2, 0) is 0 Å². The summed E-state index contributed by atoms with van der Waals surface area (Å²) >= 11 is 0. The van der Waals surface area contributed by atoms with Crippen molar-refractivity contribution >= 4 is 5.91 Å². The molecule has 2 atom stereocenters. The number of amides is 1. The predicted molar refractivity (Wildman–Crippen MR) is 80.3 cm³/mol. The van der Waals surface area contributed by atoms with Crippen molar-refractivity contribution in [2.24, 2.45) is 11.8 Å². The van der Waals surface area contributed by atoms with Crippen molar-refractivity contribution in [3.8, 4) is 5.88 Å². The molecule has 1 aliphatic rings. The van der Waals surface area contributed by atoms with Gasteiger partial charge >= 0.3 is 0 Å². The minimum absolute atomic E-state index is 0.168. The van der Waals surface area contributed by atoms with Crippen molar-refractivity contribution in [1.82, 2.24) is 10.3 Å². The second kappa shape index (κ2) is 7.41. The van der Waals surface area contributed by atoms with E-state index in [-0.39, 0.29) is 18.4 Å². The number of hydrogen-bond acceptors (Lipinski definition) is 4. The summed E-state index contributed by atoms with van der Waals surface area (Å²) in [5, 5.41) is 12.6. The number of rotatable bonds is 8. The minimum atomic E-state index is -0.520. The second-order valence-electron chi connectivity index (χ2n) is 5.80. The summed E-state index contributed by atoms with van der Waals surface area (Å²) in [5.41, 5.74) is 0.477. The molecule has 1 aromatic heterocycles. The number of nitrogens with zero attached hydrogens (tertiary/aromatic N) is 1. The maximum Gasteiger partial charge on any atom is 0.252 e. The van der Waals surface area contributed by atoms with Crippen LogP contribution in [0.3, 0.4) is 0 Å². The van der Waals surface area contributed by atoms with Gasteiger partial charge in [0.2, 0.25) is 5.88 Å². The fourth-order valence-electron chi connectivity index (χ4n) is 1.86. The standard InChI is InChI=1S/C16H24N2O3/c1-3-11(2)14(19)9-18-16(20)13-6-7-15(17-8-13)21-10-12-4-5-12/h6-8,11-12,14,19H,3-5,9-10H2,1-2H3,(H,18,20). The third kappa shape index (κ3) is 5.01. The summed E-state index contributed by atoms with van der Waals surface area (Å²) < 4.78 is 5.53. The van der Waals surface area contributed by atoms with Crippen LogP contribution < -0.4 is 10.1 Å². The summed E-state index contributed by atoms with van der Waals surface area (Å²) in [6, 6.07) is 3.41. The highest BCUT2D eigenvalue weighted by Gasteiger charge is 2.22. The molecule has 0 radical (unpaired) electrons. The van der Waals surface area contributed by atoms with E-state index in [0.29, 0.717) is 24.0 Å². The zero-order chi connectivity index (χ0) is 15.2. The SMILES string of the molecule is CCC(C)C(O)CNC(=O)c1ccc(OCC2CC2)nc1. The average molecular weight is 292 g/mol. The predicted octanol–water partition coefficient (Wildman–Crippen LogP) is 2.01. The largest absolute Gasteiger partial charge is 0.477 e. The van der Waals surface area contributed by atoms with E-state index < -0.39 is 6.10 Å². The molecule has 2 N–H and O–H groups in total. The average Bonchev–Trinajstić information content (AvgIpc) is 3.34. The van der Waals surface area contributed by atoms with Gasteiger partial charge in [-0.25, -0.2) is 4.98 Å². The van der Waals surface area contributed by atoms with Gasteiger partial charge in [-0.3, -0.25) is 4.79 Å². The zero-order valence-corrected chi connectivity index (χ0v) is 12.7. The number of ether oxygens (including phenoxy) is 1. The van der Waals surface area contributed by atoms with Crippen LogP contribution in [0.15, 0.2) is 18.3 Å². The summed E-state index contributed by atoms with van der Waals surface area (Å²) in [6.45, 7) is 4.94. The summed E-state index contributed by atoms with van der Waals surface area (Å²) in [6.07, 6.45) is 4.34. The van der Waals surface area contributed by atoms with Gasteiger partial charge in [-0.2, -0.15) is 0 Å². The molecule has 1 fully saturated rings. The smallest absolute Gasteiger partial charge is 0.252 e. The molecule has 0 bridgehead atoms. The number of carbonyl (C=O) groups is 1. The summed E-state index contributed by atoms with van der Waals surface area (Å²) in [4.78, 5) is 16.1. The van der Waals surface area contributed by atoms with E-state index in [1.165, 1.54) is 19.0 Å². The Morgan fingerprint density at radius 2 is 2.29 bits per heavy atom. The second-order valence-corrected chi connectivity index (χ2v) is 5.80. The van der Waals surface area contributed by atoms with Crippen molar-refractivity contribution in [2.75, 3.05) is 13.2 Å². The molecule has 1 heterocycles. The van der Waals surface area contributed by atoms with Gasteiger partial charge in [0.1, 0.15) is 0 Å². The van der Waals surface area contributed by atoms with Crippen LogP contribution in [0.1, 0.15) is 43.5 Å². The molecule has 0 aliphatic heterocycles. The van der Waals surface area contributed by atoms with Crippen molar-refractivity contribution < 1.29 is 14.6 Å². The Hall–Kier alpha value is -1.62. The van der Waals surface area contributed by atoms with Gasteiger partial charge in [-0.15, -0.1) is 0 Å². The highest BCUT2D eigenvalue weighted by Crippen LogP contribution is 2.29. The Labute approximate surface area is 125 Å². The lowest BCUT2D eigenvalue weighted by atomic mass is 10.0. The van der Waals surface area contributed by atoms with Crippen molar-refractivity contribution in [3.05, 3.63) is 23.9 Å². The molecule has 0 saturated heterocycles. The molecule has 0 spiro atoms. The Morgan fingerprint density at radius 3 is 2.86 bits per heavy atom. The molecular weight excluding hydrogens is 268 g/mol. The summed E-state index contributed by atoms with van der Waals surface area (Å²) in [5.74, 6) is 1.18. The number of hydrogen-bond donors (Lipinski definition) is 2. The number of pyridine rings is 1. The summed E-state index contributed by atoms with van der Waals surface area (Å²) in [7, 11) is 0. The molecule has 5 heteroatoms. The third-order valence-corrected chi connectivity index (χ3v) is 3.93. The highest BCUT2D eigenvalue weighted by molar-refractivity contribution is 5.93. The molecule has 1 saturated carbocycles. The first-order valence-electron chi connectivity index (χ1n) is 7.65. The van der Waals surface area contributed by atoms with Gasteiger partial charge in [0.15, 0.2) is 0 Å². The topological polar surface area (TPSA) is 71.5 Å². The van der Waals surface area contributed by atoms with Crippen LogP contribution in [0.5, 0.6) is 5.88 Å². The van der Waals surface area contributed by atoms with Crippen LogP contribution in [-0.4, -0.2) is 35.3 Å². The van der Waals surface area contributed by atoms with Crippen molar-refractivity contribution in [3.63, 3.8) is 0 Å². The Morgan fingerprint density at radius 1 is 1.52 bits per heavy atom. The molecule has 1 aliphatic carbocycles. The lowest BCUT2D eigenvalue weighted by Gasteiger charge is -2.17. The van der Waals surface area contributed by atoms with Crippen LogP contribution >= 0.6 is 0 Å². The van der Waals surface area contributed by atoms with Crippen LogP contribution in [0, 0.1) is 11.8 Å². The first-order valence-corrected chi connectivity index (χ1v) is 7.65. The van der Waals surface area contributed by atoms with E-state index in [0.717, 1.165) is 6.42 Å². The molecule has 2 unspecified atom stereocenters. The maximum atomic E-state index is 11.9. The monoisotopic (exact) mass is 292 g/mol. The number of nitrogens with one attached hydrogen (secondary N) is 1.